The molecule has 0 amide bonds. The number of carboxylic acids is 1. The molecular weight excluding hydrogens is 231 g/mol. The maximum Gasteiger partial charge on any atom is 0.401 e. The fourth-order valence-electron chi connectivity index (χ4n) is 1.02. The summed E-state index contributed by atoms with van der Waals surface area (Å²) >= 11 is 0. The fourth-order valence-corrected chi connectivity index (χ4v) is 1.02. The number of halogens is 3. The molecule has 2 N–H and O–H groups in total. The molecule has 8 heteroatoms. The van der Waals surface area contributed by atoms with Crippen LogP contribution >= 0.6 is 0 Å². The molecule has 0 atom stereocenters. The number of carbonyl (C=O) groups is 1. The summed E-state index contributed by atoms with van der Waals surface area (Å²) in [6, 6.07) is 0. The third-order valence-corrected chi connectivity index (χ3v) is 1.55. The van der Waals surface area contributed by atoms with Crippen molar-refractivity contribution in [2.75, 3.05) is 39.5 Å². The Labute approximate surface area is 90.4 Å². The van der Waals surface area contributed by atoms with Crippen LogP contribution in [0.15, 0.2) is 0 Å². The normalized spacial score (nSPS) is 12.1. The number of carboxylic acid groups (broad SMARTS) is 1. The van der Waals surface area contributed by atoms with Gasteiger partial charge in [-0.1, -0.05) is 0 Å². The van der Waals surface area contributed by atoms with Crippen LogP contribution in [0.4, 0.5) is 13.2 Å². The SMILES string of the molecule is O=C(O)CN(CCOCCO)CC(F)(F)F. The van der Waals surface area contributed by atoms with Crippen LogP contribution in [0, 0.1) is 0 Å². The number of ether oxygens (including phenoxy) is 1. The summed E-state index contributed by atoms with van der Waals surface area (Å²) in [4.78, 5) is 11.0. The van der Waals surface area contributed by atoms with Crippen molar-refractivity contribution in [1.29, 1.82) is 0 Å². The molecule has 0 aromatic carbocycles. The Morgan fingerprint density at radius 2 is 1.94 bits per heavy atom. The first-order valence-corrected chi connectivity index (χ1v) is 4.54. The fraction of sp³-hybridized carbons (Fsp3) is 0.875. The van der Waals surface area contributed by atoms with E-state index in [-0.39, 0.29) is 26.4 Å². The van der Waals surface area contributed by atoms with Crippen molar-refractivity contribution in [2.24, 2.45) is 0 Å². The molecule has 0 radical (unpaired) electrons. The summed E-state index contributed by atoms with van der Waals surface area (Å²) in [7, 11) is 0. The van der Waals surface area contributed by atoms with Crippen LogP contribution in [-0.2, 0) is 9.53 Å². The van der Waals surface area contributed by atoms with Crippen LogP contribution < -0.4 is 0 Å². The third-order valence-electron chi connectivity index (χ3n) is 1.55. The maximum absolute atomic E-state index is 12.0. The number of aliphatic hydroxyl groups is 1. The van der Waals surface area contributed by atoms with E-state index < -0.39 is 25.2 Å². The molecular formula is C8H14F3NO4. The smallest absolute Gasteiger partial charge is 0.401 e. The van der Waals surface area contributed by atoms with Gasteiger partial charge in [0.15, 0.2) is 0 Å². The molecule has 96 valence electrons. The number of aliphatic hydroxyl groups excluding tert-OH is 1. The van der Waals surface area contributed by atoms with Crippen molar-refractivity contribution in [3.63, 3.8) is 0 Å². The minimum absolute atomic E-state index is 0.0208. The maximum atomic E-state index is 12.0. The molecule has 0 heterocycles. The van der Waals surface area contributed by atoms with Crippen molar-refractivity contribution < 1.29 is 32.9 Å². The molecule has 0 fully saturated rings. The lowest BCUT2D eigenvalue weighted by Crippen LogP contribution is -2.39. The minimum Gasteiger partial charge on any atom is -0.480 e. The summed E-state index contributed by atoms with van der Waals surface area (Å²) in [6.07, 6.45) is -4.44. The molecule has 0 aromatic rings. The molecule has 0 aliphatic rings. The average molecular weight is 245 g/mol. The zero-order valence-electron chi connectivity index (χ0n) is 8.53. The van der Waals surface area contributed by atoms with Gasteiger partial charge in [-0.15, -0.1) is 0 Å². The molecule has 0 saturated heterocycles. The lowest BCUT2D eigenvalue weighted by Gasteiger charge is -2.21. The van der Waals surface area contributed by atoms with Gasteiger partial charge in [0.25, 0.3) is 0 Å². The number of nitrogens with zero attached hydrogens (tertiary/aromatic N) is 1. The topological polar surface area (TPSA) is 70.0 Å². The van der Waals surface area contributed by atoms with Crippen LogP contribution in [0.2, 0.25) is 0 Å². The Balaban J connectivity index is 3.96. The Kier molecular flexibility index (Phi) is 7.02. The standard InChI is InChI=1S/C8H14F3NO4/c9-8(10,11)6-12(5-7(14)15)1-3-16-4-2-13/h13H,1-6H2,(H,14,15). The van der Waals surface area contributed by atoms with Crippen molar-refractivity contribution in [1.82, 2.24) is 4.90 Å². The van der Waals surface area contributed by atoms with E-state index in [9.17, 15) is 18.0 Å². The molecule has 0 aliphatic carbocycles. The lowest BCUT2D eigenvalue weighted by atomic mass is 10.4. The minimum atomic E-state index is -4.44. The molecule has 0 unspecified atom stereocenters. The van der Waals surface area contributed by atoms with Crippen LogP contribution in [0.25, 0.3) is 0 Å². The van der Waals surface area contributed by atoms with E-state index in [2.05, 4.69) is 0 Å². The van der Waals surface area contributed by atoms with Gasteiger partial charge in [0.2, 0.25) is 0 Å². The van der Waals surface area contributed by atoms with Crippen molar-refractivity contribution in [3.05, 3.63) is 0 Å². The van der Waals surface area contributed by atoms with E-state index in [0.29, 0.717) is 0 Å². The molecule has 0 saturated carbocycles. The van der Waals surface area contributed by atoms with Gasteiger partial charge in [-0.05, 0) is 0 Å². The molecule has 16 heavy (non-hydrogen) atoms. The monoisotopic (exact) mass is 245 g/mol. The second-order valence-corrected chi connectivity index (χ2v) is 3.06. The third kappa shape index (κ3) is 9.69. The Hall–Kier alpha value is -0.860. The quantitative estimate of drug-likeness (QED) is 0.586. The van der Waals surface area contributed by atoms with Gasteiger partial charge in [0, 0.05) is 6.54 Å². The lowest BCUT2D eigenvalue weighted by molar-refractivity contribution is -0.155. The molecule has 0 rings (SSSR count). The van der Waals surface area contributed by atoms with Crippen LogP contribution in [0.3, 0.4) is 0 Å². The average Bonchev–Trinajstić information content (AvgIpc) is 2.08. The Morgan fingerprint density at radius 1 is 1.31 bits per heavy atom. The molecule has 0 bridgehead atoms. The van der Waals surface area contributed by atoms with E-state index in [4.69, 9.17) is 14.9 Å². The van der Waals surface area contributed by atoms with E-state index in [0.717, 1.165) is 4.90 Å². The number of rotatable bonds is 8. The van der Waals surface area contributed by atoms with Gasteiger partial charge in [0.05, 0.1) is 32.9 Å². The van der Waals surface area contributed by atoms with Gasteiger partial charge in [0.1, 0.15) is 0 Å². The highest BCUT2D eigenvalue weighted by Crippen LogP contribution is 2.16. The highest BCUT2D eigenvalue weighted by atomic mass is 19.4. The zero-order valence-corrected chi connectivity index (χ0v) is 8.53. The van der Waals surface area contributed by atoms with Crippen molar-refractivity contribution in [3.8, 4) is 0 Å². The van der Waals surface area contributed by atoms with Gasteiger partial charge >= 0.3 is 12.1 Å². The van der Waals surface area contributed by atoms with Crippen LogP contribution in [0.1, 0.15) is 0 Å². The molecule has 5 nitrogen and oxygen atoms in total. The van der Waals surface area contributed by atoms with Crippen LogP contribution in [-0.4, -0.2) is 66.7 Å². The van der Waals surface area contributed by atoms with Gasteiger partial charge < -0.3 is 14.9 Å². The number of hydrogen-bond acceptors (Lipinski definition) is 4. The van der Waals surface area contributed by atoms with Crippen LogP contribution in [0.5, 0.6) is 0 Å². The first kappa shape index (κ1) is 15.1. The van der Waals surface area contributed by atoms with Gasteiger partial charge in [-0.25, -0.2) is 0 Å². The van der Waals surface area contributed by atoms with E-state index in [1.807, 2.05) is 0 Å². The largest absolute Gasteiger partial charge is 0.480 e. The predicted octanol–water partition coefficient (Wildman–Crippen LogP) is -0.0558. The molecule has 0 aromatic heterocycles. The highest BCUT2D eigenvalue weighted by molar-refractivity contribution is 5.69. The van der Waals surface area contributed by atoms with E-state index in [1.165, 1.54) is 0 Å². The summed E-state index contributed by atoms with van der Waals surface area (Å²) in [5.74, 6) is -1.33. The first-order valence-electron chi connectivity index (χ1n) is 4.54. The first-order chi connectivity index (χ1) is 7.35. The number of aliphatic carboxylic acids is 1. The summed E-state index contributed by atoms with van der Waals surface area (Å²) < 4.78 is 40.8. The second-order valence-electron chi connectivity index (χ2n) is 3.06. The summed E-state index contributed by atoms with van der Waals surface area (Å²) in [5.41, 5.74) is 0. The van der Waals surface area contributed by atoms with E-state index in [1.54, 1.807) is 0 Å². The summed E-state index contributed by atoms with van der Waals surface area (Å²) in [5, 5.41) is 16.7. The number of alkyl halides is 3. The van der Waals surface area contributed by atoms with E-state index >= 15 is 0 Å². The summed E-state index contributed by atoms with van der Waals surface area (Å²) in [6.45, 7) is -2.38. The molecule has 0 spiro atoms. The highest BCUT2D eigenvalue weighted by Gasteiger charge is 2.31. The zero-order chi connectivity index (χ0) is 12.6. The van der Waals surface area contributed by atoms with Gasteiger partial charge in [-0.3, -0.25) is 9.69 Å². The Morgan fingerprint density at radius 3 is 2.38 bits per heavy atom. The molecule has 0 aliphatic heterocycles. The Bertz CT molecular complexity index is 210. The van der Waals surface area contributed by atoms with Crippen molar-refractivity contribution in [2.45, 2.75) is 6.18 Å². The van der Waals surface area contributed by atoms with Gasteiger partial charge in [-0.2, -0.15) is 13.2 Å². The number of hydrogen-bond donors (Lipinski definition) is 2. The second kappa shape index (κ2) is 7.42. The predicted molar refractivity (Wildman–Crippen MR) is 48.0 cm³/mol. The van der Waals surface area contributed by atoms with Crippen molar-refractivity contribution >= 4 is 5.97 Å².